The van der Waals surface area contributed by atoms with Crippen LogP contribution in [0.2, 0.25) is 0 Å². The van der Waals surface area contributed by atoms with Gasteiger partial charge >= 0.3 is 0 Å². The Balaban J connectivity index is 2.66. The molecule has 0 aromatic heterocycles. The van der Waals surface area contributed by atoms with Crippen molar-refractivity contribution in [2.75, 3.05) is 13.6 Å². The third-order valence-corrected chi connectivity index (χ3v) is 2.22. The molecule has 0 unspecified atom stereocenters. The summed E-state index contributed by atoms with van der Waals surface area (Å²) in [4.78, 5) is 22.5. The average molecular weight is 168 g/mol. The van der Waals surface area contributed by atoms with Crippen LogP contribution in [0.25, 0.3) is 0 Å². The summed E-state index contributed by atoms with van der Waals surface area (Å²) in [7, 11) is 1.67. The number of hydrogen-bond acceptors (Lipinski definition) is 4. The molecule has 1 rings (SSSR count). The predicted molar refractivity (Wildman–Crippen MR) is 44.4 cm³/mol. The molecule has 12 heavy (non-hydrogen) atoms. The van der Waals surface area contributed by atoms with E-state index in [1.165, 1.54) is 0 Å². The standard InChI is InChI=1S/C8H12N2O2/c1-10-5-7(12)8(2-3-8)6(11)4-9/h4,9-10H,2-3,5H2,1H3. The molecule has 0 bridgehead atoms. The number of ketones is 2. The fraction of sp³-hybridized carbons (Fsp3) is 0.625. The Morgan fingerprint density at radius 1 is 1.58 bits per heavy atom. The molecule has 2 N–H and O–H groups in total. The highest BCUT2D eigenvalue weighted by atomic mass is 16.2. The molecule has 1 fully saturated rings. The second-order valence-corrected chi connectivity index (χ2v) is 3.04. The molecule has 0 aromatic carbocycles. The summed E-state index contributed by atoms with van der Waals surface area (Å²) in [5, 5.41) is 9.50. The number of rotatable bonds is 5. The zero-order valence-corrected chi connectivity index (χ0v) is 7.02. The lowest BCUT2D eigenvalue weighted by molar-refractivity contribution is -0.130. The largest absolute Gasteiger partial charge is 0.313 e. The normalized spacial score (nSPS) is 18.4. The fourth-order valence-electron chi connectivity index (χ4n) is 1.26. The number of likely N-dealkylation sites (N-methyl/N-ethyl adjacent to an activating group) is 1. The van der Waals surface area contributed by atoms with Crippen LogP contribution in [-0.4, -0.2) is 31.4 Å². The molecule has 1 saturated carbocycles. The molecule has 0 atom stereocenters. The Morgan fingerprint density at radius 3 is 2.50 bits per heavy atom. The SMILES string of the molecule is CNCC(=O)C1(C(=O)C=N)CC1. The topological polar surface area (TPSA) is 70.0 Å². The average Bonchev–Trinajstić information content (AvgIpc) is 2.84. The Hall–Kier alpha value is -1.03. The Labute approximate surface area is 70.8 Å². The molecular formula is C8H12N2O2. The molecule has 4 heteroatoms. The lowest BCUT2D eigenvalue weighted by Crippen LogP contribution is -2.33. The van der Waals surface area contributed by atoms with Gasteiger partial charge < -0.3 is 10.7 Å². The highest BCUT2D eigenvalue weighted by Gasteiger charge is 2.54. The molecule has 1 aliphatic rings. The van der Waals surface area contributed by atoms with Gasteiger partial charge in [0.05, 0.1) is 18.2 Å². The summed E-state index contributed by atoms with van der Waals surface area (Å²) in [5.74, 6) is -0.429. The van der Waals surface area contributed by atoms with E-state index in [1.54, 1.807) is 7.05 Å². The molecule has 0 spiro atoms. The van der Waals surface area contributed by atoms with Crippen molar-refractivity contribution in [3.8, 4) is 0 Å². The van der Waals surface area contributed by atoms with Gasteiger partial charge in [-0.05, 0) is 19.9 Å². The number of nitrogens with one attached hydrogen (secondary N) is 2. The van der Waals surface area contributed by atoms with Crippen LogP contribution in [-0.2, 0) is 9.59 Å². The van der Waals surface area contributed by atoms with Crippen molar-refractivity contribution in [2.45, 2.75) is 12.8 Å². The van der Waals surface area contributed by atoms with Crippen molar-refractivity contribution in [1.29, 1.82) is 5.41 Å². The van der Waals surface area contributed by atoms with Gasteiger partial charge in [-0.25, -0.2) is 0 Å². The summed E-state index contributed by atoms with van der Waals surface area (Å²) in [5.41, 5.74) is -0.815. The van der Waals surface area contributed by atoms with Crippen LogP contribution in [0, 0.1) is 10.8 Å². The minimum absolute atomic E-state index is 0.0847. The van der Waals surface area contributed by atoms with E-state index in [0.717, 1.165) is 6.21 Å². The molecule has 0 aromatic rings. The first-order valence-electron chi connectivity index (χ1n) is 3.90. The first kappa shape index (κ1) is 9.06. The second kappa shape index (κ2) is 3.15. The maximum atomic E-state index is 11.3. The van der Waals surface area contributed by atoms with Crippen molar-refractivity contribution in [3.05, 3.63) is 0 Å². The maximum absolute atomic E-state index is 11.3. The second-order valence-electron chi connectivity index (χ2n) is 3.04. The maximum Gasteiger partial charge on any atom is 0.186 e. The molecule has 66 valence electrons. The summed E-state index contributed by atoms with van der Waals surface area (Å²) in [6.07, 6.45) is 1.98. The number of hydrogen-bond donors (Lipinski definition) is 2. The smallest absolute Gasteiger partial charge is 0.186 e. The van der Waals surface area contributed by atoms with E-state index in [-0.39, 0.29) is 18.1 Å². The monoisotopic (exact) mass is 168 g/mol. The summed E-state index contributed by atoms with van der Waals surface area (Å²) in [6, 6.07) is 0. The molecule has 0 aliphatic heterocycles. The molecule has 4 nitrogen and oxygen atoms in total. The van der Waals surface area contributed by atoms with Crippen molar-refractivity contribution in [2.24, 2.45) is 5.41 Å². The van der Waals surface area contributed by atoms with Crippen molar-refractivity contribution in [3.63, 3.8) is 0 Å². The highest BCUT2D eigenvalue weighted by Crippen LogP contribution is 2.46. The van der Waals surface area contributed by atoms with E-state index in [0.29, 0.717) is 12.8 Å². The van der Waals surface area contributed by atoms with Crippen molar-refractivity contribution in [1.82, 2.24) is 5.32 Å². The van der Waals surface area contributed by atoms with Gasteiger partial charge in [0.1, 0.15) is 0 Å². The van der Waals surface area contributed by atoms with E-state index in [2.05, 4.69) is 5.32 Å². The Bertz CT molecular complexity index is 231. The van der Waals surface area contributed by atoms with Crippen molar-refractivity contribution >= 4 is 17.8 Å². The van der Waals surface area contributed by atoms with Gasteiger partial charge in [-0.15, -0.1) is 0 Å². The summed E-state index contributed by atoms with van der Waals surface area (Å²) in [6.45, 7) is 0.222. The van der Waals surface area contributed by atoms with Crippen LogP contribution in [0.4, 0.5) is 0 Å². The van der Waals surface area contributed by atoms with Gasteiger partial charge in [0.2, 0.25) is 0 Å². The lowest BCUT2D eigenvalue weighted by Gasteiger charge is -2.08. The molecule has 0 saturated heterocycles. The quantitative estimate of drug-likeness (QED) is 0.440. The van der Waals surface area contributed by atoms with Crippen LogP contribution in [0.3, 0.4) is 0 Å². The van der Waals surface area contributed by atoms with E-state index in [4.69, 9.17) is 5.41 Å². The van der Waals surface area contributed by atoms with Gasteiger partial charge in [-0.1, -0.05) is 0 Å². The van der Waals surface area contributed by atoms with Crippen LogP contribution < -0.4 is 5.32 Å². The van der Waals surface area contributed by atoms with Crippen LogP contribution >= 0.6 is 0 Å². The number of carbonyl (C=O) groups is 2. The third kappa shape index (κ3) is 1.30. The fourth-order valence-corrected chi connectivity index (χ4v) is 1.26. The van der Waals surface area contributed by atoms with Crippen molar-refractivity contribution < 1.29 is 9.59 Å². The molecule has 0 radical (unpaired) electrons. The van der Waals surface area contributed by atoms with Crippen LogP contribution in [0.5, 0.6) is 0 Å². The summed E-state index contributed by atoms with van der Waals surface area (Å²) >= 11 is 0. The Kier molecular flexibility index (Phi) is 2.38. The molecular weight excluding hydrogens is 156 g/mol. The first-order valence-corrected chi connectivity index (χ1v) is 3.90. The molecule has 0 amide bonds. The van der Waals surface area contributed by atoms with E-state index in [9.17, 15) is 9.59 Å². The Morgan fingerprint density at radius 2 is 2.17 bits per heavy atom. The van der Waals surface area contributed by atoms with Gasteiger partial charge in [0.15, 0.2) is 11.6 Å². The predicted octanol–water partition coefficient (Wildman–Crippen LogP) is -0.226. The van der Waals surface area contributed by atoms with Gasteiger partial charge in [0, 0.05) is 0 Å². The molecule has 0 heterocycles. The highest BCUT2D eigenvalue weighted by molar-refractivity contribution is 6.36. The number of Topliss-reactive ketones (excluding diaryl/α,β-unsaturated/α-hetero) is 2. The summed E-state index contributed by atoms with van der Waals surface area (Å²) < 4.78 is 0. The zero-order chi connectivity index (χ0) is 9.19. The van der Waals surface area contributed by atoms with Gasteiger partial charge in [-0.2, -0.15) is 0 Å². The van der Waals surface area contributed by atoms with E-state index < -0.39 is 5.41 Å². The van der Waals surface area contributed by atoms with Gasteiger partial charge in [-0.3, -0.25) is 9.59 Å². The van der Waals surface area contributed by atoms with Gasteiger partial charge in [0.25, 0.3) is 0 Å². The van der Waals surface area contributed by atoms with E-state index in [1.807, 2.05) is 0 Å². The minimum Gasteiger partial charge on any atom is -0.313 e. The zero-order valence-electron chi connectivity index (χ0n) is 7.02. The third-order valence-electron chi connectivity index (χ3n) is 2.22. The van der Waals surface area contributed by atoms with E-state index >= 15 is 0 Å². The molecule has 1 aliphatic carbocycles. The lowest BCUT2D eigenvalue weighted by atomic mass is 9.96. The first-order chi connectivity index (χ1) is 5.67. The minimum atomic E-state index is -0.815. The van der Waals surface area contributed by atoms with Crippen LogP contribution in [0.15, 0.2) is 0 Å². The van der Waals surface area contributed by atoms with Crippen LogP contribution in [0.1, 0.15) is 12.8 Å². The number of carbonyl (C=O) groups excluding carboxylic acids is 2.